The molecule has 1 aromatic rings. The first-order chi connectivity index (χ1) is 9.19. The average molecular weight is 263 g/mol. The molecule has 4 heteroatoms. The Kier molecular flexibility index (Phi) is 5.02. The summed E-state index contributed by atoms with van der Waals surface area (Å²) in [5, 5.41) is 0. The van der Waals surface area contributed by atoms with Crippen LogP contribution in [-0.2, 0) is 0 Å². The molecule has 4 nitrogen and oxygen atoms in total. The summed E-state index contributed by atoms with van der Waals surface area (Å²) in [6.07, 6.45) is 7.09. The lowest BCUT2D eigenvalue weighted by molar-refractivity contribution is 0.256. The van der Waals surface area contributed by atoms with Gasteiger partial charge >= 0.3 is 0 Å². The zero-order chi connectivity index (χ0) is 13.7. The summed E-state index contributed by atoms with van der Waals surface area (Å²) in [7, 11) is 0. The Balaban J connectivity index is 1.98. The minimum atomic E-state index is 0.276. The summed E-state index contributed by atoms with van der Waals surface area (Å²) < 4.78 is 5.80. The summed E-state index contributed by atoms with van der Waals surface area (Å²) in [5.74, 6) is 1.43. The fraction of sp³-hybridized carbons (Fsp3) is 0.667. The monoisotopic (exact) mass is 263 g/mol. The quantitative estimate of drug-likeness (QED) is 0.886. The van der Waals surface area contributed by atoms with Gasteiger partial charge in [-0.15, -0.1) is 0 Å². The number of nitrogens with two attached hydrogens (primary N) is 1. The topological polar surface area (TPSA) is 51.4 Å². The van der Waals surface area contributed by atoms with Crippen molar-refractivity contribution in [1.82, 2.24) is 4.98 Å². The average Bonchev–Trinajstić information content (AvgIpc) is 2.45. The van der Waals surface area contributed by atoms with Crippen LogP contribution in [0, 0.1) is 5.92 Å². The first kappa shape index (κ1) is 14.1. The maximum atomic E-state index is 6.02. The van der Waals surface area contributed by atoms with Crippen molar-refractivity contribution in [2.75, 3.05) is 24.6 Å². The van der Waals surface area contributed by atoms with E-state index in [-0.39, 0.29) is 6.04 Å². The zero-order valence-electron chi connectivity index (χ0n) is 12.0. The molecule has 1 fully saturated rings. The maximum Gasteiger partial charge on any atom is 0.139 e. The molecule has 2 N–H and O–H groups in total. The highest BCUT2D eigenvalue weighted by molar-refractivity contribution is 5.48. The SMILES string of the molecule is CCC(C)COc1cncc(N2CCCC(N)C2)c1. The van der Waals surface area contributed by atoms with Gasteiger partial charge in [0.25, 0.3) is 0 Å². The van der Waals surface area contributed by atoms with Crippen LogP contribution in [0.1, 0.15) is 33.1 Å². The van der Waals surface area contributed by atoms with E-state index in [1.54, 1.807) is 6.20 Å². The summed E-state index contributed by atoms with van der Waals surface area (Å²) >= 11 is 0. The Morgan fingerprint density at radius 1 is 1.53 bits per heavy atom. The molecule has 0 aromatic carbocycles. The smallest absolute Gasteiger partial charge is 0.139 e. The Morgan fingerprint density at radius 3 is 3.11 bits per heavy atom. The number of ether oxygens (including phenoxy) is 1. The van der Waals surface area contributed by atoms with Crippen molar-refractivity contribution in [2.45, 2.75) is 39.2 Å². The minimum absolute atomic E-state index is 0.276. The second kappa shape index (κ2) is 6.75. The molecule has 1 aliphatic heterocycles. The number of pyridine rings is 1. The van der Waals surface area contributed by atoms with Crippen LogP contribution in [0.3, 0.4) is 0 Å². The number of piperidine rings is 1. The molecule has 1 saturated heterocycles. The van der Waals surface area contributed by atoms with Gasteiger partial charge in [0.15, 0.2) is 0 Å². The molecule has 1 aromatic heterocycles. The molecule has 2 atom stereocenters. The van der Waals surface area contributed by atoms with Crippen LogP contribution in [0.25, 0.3) is 0 Å². The van der Waals surface area contributed by atoms with Gasteiger partial charge in [-0.05, 0) is 18.8 Å². The van der Waals surface area contributed by atoms with Gasteiger partial charge in [0.05, 0.1) is 24.7 Å². The second-order valence-corrected chi connectivity index (χ2v) is 5.55. The molecule has 0 spiro atoms. The van der Waals surface area contributed by atoms with Crippen molar-refractivity contribution >= 4 is 5.69 Å². The molecule has 0 bridgehead atoms. The highest BCUT2D eigenvalue weighted by atomic mass is 16.5. The molecular weight excluding hydrogens is 238 g/mol. The van der Waals surface area contributed by atoms with E-state index in [0.717, 1.165) is 50.4 Å². The van der Waals surface area contributed by atoms with Crippen LogP contribution in [0.15, 0.2) is 18.5 Å². The van der Waals surface area contributed by atoms with Crippen molar-refractivity contribution in [3.63, 3.8) is 0 Å². The lowest BCUT2D eigenvalue weighted by Gasteiger charge is -2.32. The Hall–Kier alpha value is -1.29. The predicted molar refractivity (Wildman–Crippen MR) is 78.6 cm³/mol. The number of nitrogens with zero attached hydrogens (tertiary/aromatic N) is 2. The fourth-order valence-corrected chi connectivity index (χ4v) is 2.26. The van der Waals surface area contributed by atoms with Crippen LogP contribution in [0.2, 0.25) is 0 Å². The van der Waals surface area contributed by atoms with E-state index in [2.05, 4.69) is 29.8 Å². The molecule has 0 saturated carbocycles. The molecule has 19 heavy (non-hydrogen) atoms. The van der Waals surface area contributed by atoms with Gasteiger partial charge in [0, 0.05) is 25.2 Å². The fourth-order valence-electron chi connectivity index (χ4n) is 2.26. The minimum Gasteiger partial charge on any atom is -0.492 e. The highest BCUT2D eigenvalue weighted by Gasteiger charge is 2.17. The standard InChI is InChI=1S/C15H25N3O/c1-3-12(2)11-19-15-7-14(8-17-9-15)18-6-4-5-13(16)10-18/h7-9,12-13H,3-6,10-11,16H2,1-2H3. The Labute approximate surface area is 116 Å². The van der Waals surface area contributed by atoms with E-state index < -0.39 is 0 Å². The van der Waals surface area contributed by atoms with Crippen LogP contribution in [0.4, 0.5) is 5.69 Å². The lowest BCUT2D eigenvalue weighted by Crippen LogP contribution is -2.42. The third kappa shape index (κ3) is 4.10. The first-order valence-electron chi connectivity index (χ1n) is 7.27. The zero-order valence-corrected chi connectivity index (χ0v) is 12.0. The van der Waals surface area contributed by atoms with Crippen LogP contribution >= 0.6 is 0 Å². The van der Waals surface area contributed by atoms with E-state index in [1.165, 1.54) is 0 Å². The number of hydrogen-bond donors (Lipinski definition) is 1. The Morgan fingerprint density at radius 2 is 2.37 bits per heavy atom. The normalized spacial score (nSPS) is 21.2. The molecule has 2 unspecified atom stereocenters. The number of anilines is 1. The maximum absolute atomic E-state index is 6.02. The van der Waals surface area contributed by atoms with E-state index in [1.807, 2.05) is 6.20 Å². The lowest BCUT2D eigenvalue weighted by atomic mass is 10.1. The van der Waals surface area contributed by atoms with Crippen LogP contribution in [0.5, 0.6) is 5.75 Å². The molecule has 2 heterocycles. The molecule has 0 aliphatic carbocycles. The molecule has 106 valence electrons. The van der Waals surface area contributed by atoms with Crippen LogP contribution in [-0.4, -0.2) is 30.7 Å². The van der Waals surface area contributed by atoms with Crippen LogP contribution < -0.4 is 15.4 Å². The number of rotatable bonds is 5. The van der Waals surface area contributed by atoms with Crippen molar-refractivity contribution in [3.05, 3.63) is 18.5 Å². The molecule has 0 amide bonds. The van der Waals surface area contributed by atoms with E-state index in [0.29, 0.717) is 5.92 Å². The van der Waals surface area contributed by atoms with E-state index in [4.69, 9.17) is 10.5 Å². The van der Waals surface area contributed by atoms with Gasteiger partial charge in [0.1, 0.15) is 5.75 Å². The molecular formula is C15H25N3O. The van der Waals surface area contributed by atoms with Crippen molar-refractivity contribution < 1.29 is 4.74 Å². The van der Waals surface area contributed by atoms with E-state index >= 15 is 0 Å². The van der Waals surface area contributed by atoms with Crippen molar-refractivity contribution in [2.24, 2.45) is 11.7 Å². The van der Waals surface area contributed by atoms with Gasteiger partial charge in [-0.3, -0.25) is 4.98 Å². The molecule has 2 rings (SSSR count). The van der Waals surface area contributed by atoms with E-state index in [9.17, 15) is 0 Å². The number of hydrogen-bond acceptors (Lipinski definition) is 4. The number of aromatic nitrogens is 1. The van der Waals surface area contributed by atoms with Gasteiger partial charge in [-0.25, -0.2) is 0 Å². The highest BCUT2D eigenvalue weighted by Crippen LogP contribution is 2.23. The molecule has 0 radical (unpaired) electrons. The predicted octanol–water partition coefficient (Wildman–Crippen LogP) is 2.43. The summed E-state index contributed by atoms with van der Waals surface area (Å²) in [4.78, 5) is 6.58. The van der Waals surface area contributed by atoms with Gasteiger partial charge in [-0.2, -0.15) is 0 Å². The largest absolute Gasteiger partial charge is 0.492 e. The van der Waals surface area contributed by atoms with Crippen molar-refractivity contribution in [1.29, 1.82) is 0 Å². The summed E-state index contributed by atoms with van der Waals surface area (Å²) in [6, 6.07) is 2.35. The Bertz CT molecular complexity index is 397. The third-order valence-electron chi connectivity index (χ3n) is 3.75. The van der Waals surface area contributed by atoms with Crippen molar-refractivity contribution in [3.8, 4) is 5.75 Å². The van der Waals surface area contributed by atoms with Gasteiger partial charge < -0.3 is 15.4 Å². The third-order valence-corrected chi connectivity index (χ3v) is 3.75. The summed E-state index contributed by atoms with van der Waals surface area (Å²) in [6.45, 7) is 7.10. The second-order valence-electron chi connectivity index (χ2n) is 5.55. The van der Waals surface area contributed by atoms with Gasteiger partial charge in [0.2, 0.25) is 0 Å². The summed E-state index contributed by atoms with van der Waals surface area (Å²) in [5.41, 5.74) is 7.15. The van der Waals surface area contributed by atoms with Gasteiger partial charge in [-0.1, -0.05) is 20.3 Å². The first-order valence-corrected chi connectivity index (χ1v) is 7.27. The molecule has 1 aliphatic rings.